The van der Waals surface area contributed by atoms with E-state index in [1.54, 1.807) is 30.3 Å². The van der Waals surface area contributed by atoms with Gasteiger partial charge in [0.2, 0.25) is 5.91 Å². The lowest BCUT2D eigenvalue weighted by atomic mass is 10.1. The van der Waals surface area contributed by atoms with Gasteiger partial charge in [-0.3, -0.25) is 4.79 Å². The Balaban J connectivity index is 1.73. The minimum Gasteiger partial charge on any atom is -0.433 e. The van der Waals surface area contributed by atoms with E-state index in [9.17, 15) is 22.0 Å². The van der Waals surface area contributed by atoms with Gasteiger partial charge in [-0.1, -0.05) is 29.8 Å². The number of halogens is 3. The predicted molar refractivity (Wildman–Crippen MR) is 108 cm³/mol. The van der Waals surface area contributed by atoms with E-state index in [4.69, 9.17) is 11.6 Å². The molecule has 1 aliphatic rings. The Morgan fingerprint density at radius 1 is 1.24 bits per heavy atom. The van der Waals surface area contributed by atoms with Gasteiger partial charge in [-0.2, -0.15) is 8.78 Å². The largest absolute Gasteiger partial charge is 0.433 e. The van der Waals surface area contributed by atoms with Crippen molar-refractivity contribution in [2.24, 2.45) is 0 Å². The molecule has 1 atom stereocenters. The van der Waals surface area contributed by atoms with Crippen LogP contribution in [0.2, 0.25) is 5.02 Å². The molecule has 29 heavy (non-hydrogen) atoms. The fraction of sp³-hybridized carbons (Fsp3) is 0.316. The Labute approximate surface area is 172 Å². The maximum absolute atomic E-state index is 12.9. The first-order valence-corrected chi connectivity index (χ1v) is 11.0. The third-order valence-corrected chi connectivity index (χ3v) is 6.51. The summed E-state index contributed by atoms with van der Waals surface area (Å²) in [4.78, 5) is 14.4. The van der Waals surface area contributed by atoms with Gasteiger partial charge < -0.3 is 15.0 Å². The summed E-state index contributed by atoms with van der Waals surface area (Å²) in [5.41, 5.74) is 1.05. The summed E-state index contributed by atoms with van der Waals surface area (Å²) in [7, 11) is -3.18. The molecule has 2 aromatic carbocycles. The van der Waals surface area contributed by atoms with E-state index >= 15 is 0 Å². The third kappa shape index (κ3) is 5.57. The van der Waals surface area contributed by atoms with Crippen molar-refractivity contribution in [3.63, 3.8) is 0 Å². The topological polar surface area (TPSA) is 75.7 Å². The number of hydrogen-bond acceptors (Lipinski definition) is 5. The molecular weight excluding hydrogens is 426 g/mol. The Kier molecular flexibility index (Phi) is 6.59. The zero-order valence-corrected chi connectivity index (χ0v) is 16.8. The van der Waals surface area contributed by atoms with Crippen LogP contribution >= 0.6 is 11.6 Å². The van der Waals surface area contributed by atoms with Crippen LogP contribution in [-0.4, -0.2) is 45.0 Å². The molecule has 156 valence electrons. The van der Waals surface area contributed by atoms with E-state index in [1.165, 1.54) is 23.1 Å². The number of benzene rings is 2. The Morgan fingerprint density at radius 2 is 1.97 bits per heavy atom. The summed E-state index contributed by atoms with van der Waals surface area (Å²) in [6, 6.07) is 12.5. The van der Waals surface area contributed by atoms with Crippen molar-refractivity contribution in [1.82, 2.24) is 0 Å². The lowest BCUT2D eigenvalue weighted by Crippen LogP contribution is -2.44. The molecule has 1 heterocycles. The molecular formula is C19H19ClF2N2O4S. The molecule has 0 aliphatic carbocycles. The monoisotopic (exact) mass is 444 g/mol. The number of para-hydroxylation sites is 1. The molecule has 0 aromatic heterocycles. The standard InChI is InChI=1S/C19H19ClF2N2O4S/c20-16-10-13(6-7-17(16)28-19(21)22)23-11-18(25)24(14-4-2-1-3-5-14)15-8-9-29(26,27)12-15/h1-7,10,15,19,23H,8-9,11-12H2/t15-/m0/s1. The Hall–Kier alpha value is -2.39. The number of alkyl halides is 2. The molecule has 0 saturated carbocycles. The summed E-state index contributed by atoms with van der Waals surface area (Å²) >= 11 is 5.92. The first-order chi connectivity index (χ1) is 13.7. The number of ether oxygens (including phenoxy) is 1. The van der Waals surface area contributed by atoms with Gasteiger partial charge in [0.15, 0.2) is 9.84 Å². The van der Waals surface area contributed by atoms with Gasteiger partial charge in [-0.05, 0) is 36.8 Å². The zero-order chi connectivity index (χ0) is 21.0. The van der Waals surface area contributed by atoms with Crippen LogP contribution in [0.5, 0.6) is 5.75 Å². The van der Waals surface area contributed by atoms with Crippen molar-refractivity contribution in [2.45, 2.75) is 19.1 Å². The summed E-state index contributed by atoms with van der Waals surface area (Å²) < 4.78 is 52.7. The molecule has 0 radical (unpaired) electrons. The average molecular weight is 445 g/mol. The second-order valence-electron chi connectivity index (χ2n) is 6.53. The fourth-order valence-corrected chi connectivity index (χ4v) is 5.12. The SMILES string of the molecule is O=C(CNc1ccc(OC(F)F)c(Cl)c1)N(c1ccccc1)[C@H]1CCS(=O)(=O)C1. The van der Waals surface area contributed by atoms with E-state index in [2.05, 4.69) is 10.1 Å². The van der Waals surface area contributed by atoms with Crippen LogP contribution in [0.15, 0.2) is 48.5 Å². The summed E-state index contributed by atoms with van der Waals surface area (Å²) in [5.74, 6) is -0.523. The van der Waals surface area contributed by atoms with Crippen molar-refractivity contribution in [3.05, 3.63) is 53.6 Å². The molecule has 1 fully saturated rings. The quantitative estimate of drug-likeness (QED) is 0.706. The highest BCUT2D eigenvalue weighted by molar-refractivity contribution is 7.91. The van der Waals surface area contributed by atoms with E-state index < -0.39 is 22.5 Å². The molecule has 10 heteroatoms. The summed E-state index contributed by atoms with van der Waals surface area (Å²) in [6.07, 6.45) is 0.370. The molecule has 2 aromatic rings. The number of anilines is 2. The number of sulfone groups is 1. The second kappa shape index (κ2) is 8.96. The zero-order valence-electron chi connectivity index (χ0n) is 15.2. The van der Waals surface area contributed by atoms with E-state index in [-0.39, 0.29) is 34.7 Å². The lowest BCUT2D eigenvalue weighted by Gasteiger charge is -2.28. The van der Waals surface area contributed by atoms with Crippen molar-refractivity contribution < 1.29 is 26.7 Å². The molecule has 6 nitrogen and oxygen atoms in total. The Morgan fingerprint density at radius 3 is 2.55 bits per heavy atom. The summed E-state index contributed by atoms with van der Waals surface area (Å²) in [6.45, 7) is -3.12. The van der Waals surface area contributed by atoms with Crippen LogP contribution in [0.25, 0.3) is 0 Å². The first-order valence-electron chi connectivity index (χ1n) is 8.81. The highest BCUT2D eigenvalue weighted by atomic mass is 35.5. The van der Waals surface area contributed by atoms with Crippen LogP contribution < -0.4 is 15.0 Å². The molecule has 1 saturated heterocycles. The second-order valence-corrected chi connectivity index (χ2v) is 9.17. The highest BCUT2D eigenvalue weighted by Crippen LogP contribution is 2.29. The van der Waals surface area contributed by atoms with Gasteiger partial charge in [0, 0.05) is 11.4 Å². The van der Waals surface area contributed by atoms with Gasteiger partial charge in [0.1, 0.15) is 5.75 Å². The summed E-state index contributed by atoms with van der Waals surface area (Å²) in [5, 5.41) is 2.87. The number of hydrogen-bond donors (Lipinski definition) is 1. The van der Waals surface area contributed by atoms with E-state index in [1.807, 2.05) is 0 Å². The van der Waals surface area contributed by atoms with Crippen LogP contribution in [0.4, 0.5) is 20.2 Å². The lowest BCUT2D eigenvalue weighted by molar-refractivity contribution is -0.117. The number of carbonyl (C=O) groups is 1. The smallest absolute Gasteiger partial charge is 0.387 e. The normalized spacial score (nSPS) is 17.9. The number of nitrogens with zero attached hydrogens (tertiary/aromatic N) is 1. The Bertz CT molecular complexity index is 973. The maximum atomic E-state index is 12.9. The molecule has 3 rings (SSSR count). The average Bonchev–Trinajstić information content (AvgIpc) is 3.02. The highest BCUT2D eigenvalue weighted by Gasteiger charge is 2.35. The number of nitrogens with one attached hydrogen (secondary N) is 1. The molecule has 0 unspecified atom stereocenters. The van der Waals surface area contributed by atoms with Gasteiger partial charge >= 0.3 is 6.61 Å². The maximum Gasteiger partial charge on any atom is 0.387 e. The minimum atomic E-state index is -3.18. The van der Waals surface area contributed by atoms with Gasteiger partial charge in [-0.25, -0.2) is 8.42 Å². The van der Waals surface area contributed by atoms with Crippen LogP contribution in [0.1, 0.15) is 6.42 Å². The number of carbonyl (C=O) groups excluding carboxylic acids is 1. The van der Waals surface area contributed by atoms with E-state index in [0.717, 1.165) is 0 Å². The van der Waals surface area contributed by atoms with Crippen molar-refractivity contribution in [3.8, 4) is 5.75 Å². The van der Waals surface area contributed by atoms with Crippen molar-refractivity contribution >= 4 is 38.7 Å². The van der Waals surface area contributed by atoms with Crippen LogP contribution in [0, 0.1) is 0 Å². The van der Waals surface area contributed by atoms with Gasteiger partial charge in [-0.15, -0.1) is 0 Å². The van der Waals surface area contributed by atoms with Gasteiger partial charge in [0.05, 0.1) is 29.1 Å². The van der Waals surface area contributed by atoms with Crippen LogP contribution in [0.3, 0.4) is 0 Å². The predicted octanol–water partition coefficient (Wildman–Crippen LogP) is 3.57. The molecule has 1 N–H and O–H groups in total. The van der Waals surface area contributed by atoms with Gasteiger partial charge in [0.25, 0.3) is 0 Å². The van der Waals surface area contributed by atoms with Crippen molar-refractivity contribution in [2.75, 3.05) is 28.3 Å². The minimum absolute atomic E-state index is 0.0236. The van der Waals surface area contributed by atoms with E-state index in [0.29, 0.717) is 17.8 Å². The van der Waals surface area contributed by atoms with Crippen molar-refractivity contribution in [1.29, 1.82) is 0 Å². The number of rotatable bonds is 7. The first kappa shape index (κ1) is 21.3. The fourth-order valence-electron chi connectivity index (χ4n) is 3.19. The third-order valence-electron chi connectivity index (χ3n) is 4.47. The molecule has 1 aliphatic heterocycles. The molecule has 0 spiro atoms. The number of amides is 1. The van der Waals surface area contributed by atoms with Crippen LogP contribution in [-0.2, 0) is 14.6 Å². The molecule has 0 bridgehead atoms. The molecule has 1 amide bonds.